The molecular formula is C24H48Cl2O3. The molecule has 0 aromatic carbocycles. The van der Waals surface area contributed by atoms with Gasteiger partial charge in [0.15, 0.2) is 12.6 Å². The first-order chi connectivity index (χ1) is 13.8. The second-order valence-electron chi connectivity index (χ2n) is 8.84. The van der Waals surface area contributed by atoms with Crippen LogP contribution in [0.5, 0.6) is 0 Å². The maximum Gasteiger partial charge on any atom is 0.160 e. The van der Waals surface area contributed by atoms with Gasteiger partial charge in [0.1, 0.15) is 0 Å². The first kappa shape index (κ1) is 29.5. The van der Waals surface area contributed by atoms with Crippen molar-refractivity contribution < 1.29 is 14.2 Å². The van der Waals surface area contributed by atoms with Crippen molar-refractivity contribution in [2.75, 3.05) is 13.2 Å². The SMILES string of the molecule is CCCOC(CCCC(C)CC(C)Cl)OC(CCCC(C)CC(C)Cl)OCCC. The third-order valence-corrected chi connectivity index (χ3v) is 5.40. The summed E-state index contributed by atoms with van der Waals surface area (Å²) in [6.45, 7) is 14.4. The van der Waals surface area contributed by atoms with Crippen LogP contribution in [0.3, 0.4) is 0 Å². The minimum absolute atomic E-state index is 0.183. The maximum atomic E-state index is 6.28. The predicted molar refractivity (Wildman–Crippen MR) is 127 cm³/mol. The highest BCUT2D eigenvalue weighted by atomic mass is 35.5. The van der Waals surface area contributed by atoms with Crippen molar-refractivity contribution in [3.05, 3.63) is 0 Å². The fourth-order valence-electron chi connectivity index (χ4n) is 3.66. The van der Waals surface area contributed by atoms with Gasteiger partial charge < -0.3 is 14.2 Å². The van der Waals surface area contributed by atoms with Gasteiger partial charge in [0, 0.05) is 24.0 Å². The molecule has 3 nitrogen and oxygen atoms in total. The van der Waals surface area contributed by atoms with E-state index >= 15 is 0 Å². The summed E-state index contributed by atoms with van der Waals surface area (Å²) in [5.74, 6) is 1.26. The van der Waals surface area contributed by atoms with Crippen molar-refractivity contribution >= 4 is 23.2 Å². The quantitative estimate of drug-likeness (QED) is 0.137. The number of hydrogen-bond acceptors (Lipinski definition) is 3. The van der Waals surface area contributed by atoms with E-state index in [1.54, 1.807) is 0 Å². The van der Waals surface area contributed by atoms with Crippen LogP contribution in [-0.4, -0.2) is 36.5 Å². The summed E-state index contributed by atoms with van der Waals surface area (Å²) in [5, 5.41) is 0.480. The number of alkyl halides is 2. The Morgan fingerprint density at radius 2 is 1.00 bits per heavy atom. The van der Waals surface area contributed by atoms with Gasteiger partial charge in [-0.25, -0.2) is 0 Å². The molecule has 176 valence electrons. The van der Waals surface area contributed by atoms with E-state index in [1.807, 2.05) is 0 Å². The normalized spacial score (nSPS) is 18.2. The van der Waals surface area contributed by atoms with Crippen LogP contribution in [0, 0.1) is 11.8 Å². The lowest BCUT2D eigenvalue weighted by atomic mass is 9.99. The molecule has 0 aliphatic carbocycles. The molecule has 6 unspecified atom stereocenters. The highest BCUT2D eigenvalue weighted by Crippen LogP contribution is 2.22. The van der Waals surface area contributed by atoms with Gasteiger partial charge in [-0.1, -0.05) is 40.5 Å². The number of rotatable bonds is 20. The molecule has 29 heavy (non-hydrogen) atoms. The molecule has 0 amide bonds. The van der Waals surface area contributed by atoms with E-state index in [-0.39, 0.29) is 23.3 Å². The number of ether oxygens (including phenoxy) is 3. The summed E-state index contributed by atoms with van der Waals surface area (Å²) >= 11 is 12.3. The van der Waals surface area contributed by atoms with E-state index in [0.29, 0.717) is 11.8 Å². The molecule has 0 aliphatic rings. The first-order valence-electron chi connectivity index (χ1n) is 11.9. The van der Waals surface area contributed by atoms with Gasteiger partial charge in [0.2, 0.25) is 0 Å². The molecule has 0 fully saturated rings. The van der Waals surface area contributed by atoms with Crippen LogP contribution < -0.4 is 0 Å². The molecule has 0 aromatic heterocycles. The van der Waals surface area contributed by atoms with Crippen LogP contribution in [-0.2, 0) is 14.2 Å². The monoisotopic (exact) mass is 454 g/mol. The van der Waals surface area contributed by atoms with Crippen LogP contribution in [0.4, 0.5) is 0 Å². The molecule has 0 aromatic rings. The predicted octanol–water partition coefficient (Wildman–Crippen LogP) is 8.16. The zero-order chi connectivity index (χ0) is 22.1. The van der Waals surface area contributed by atoms with Crippen molar-refractivity contribution in [2.24, 2.45) is 11.8 Å². The van der Waals surface area contributed by atoms with Gasteiger partial charge in [-0.2, -0.15) is 0 Å². The average Bonchev–Trinajstić information content (AvgIpc) is 2.62. The summed E-state index contributed by atoms with van der Waals surface area (Å²) in [6, 6.07) is 0. The van der Waals surface area contributed by atoms with E-state index < -0.39 is 0 Å². The van der Waals surface area contributed by atoms with Crippen molar-refractivity contribution in [1.29, 1.82) is 0 Å². The van der Waals surface area contributed by atoms with Crippen LogP contribution >= 0.6 is 23.2 Å². The average molecular weight is 456 g/mol. The Balaban J connectivity index is 4.51. The molecule has 0 saturated carbocycles. The minimum Gasteiger partial charge on any atom is -0.353 e. The molecule has 0 heterocycles. The molecule has 0 aliphatic heterocycles. The fraction of sp³-hybridized carbons (Fsp3) is 1.00. The molecule has 0 N–H and O–H groups in total. The van der Waals surface area contributed by atoms with Crippen LogP contribution in [0.15, 0.2) is 0 Å². The highest BCUT2D eigenvalue weighted by molar-refractivity contribution is 6.20. The second-order valence-corrected chi connectivity index (χ2v) is 10.3. The van der Waals surface area contributed by atoms with E-state index in [0.717, 1.165) is 77.4 Å². The molecule has 0 spiro atoms. The van der Waals surface area contributed by atoms with Gasteiger partial charge in [-0.05, 0) is 77.0 Å². The third-order valence-electron chi connectivity index (χ3n) is 5.05. The lowest BCUT2D eigenvalue weighted by Crippen LogP contribution is -2.28. The van der Waals surface area contributed by atoms with Crippen molar-refractivity contribution in [3.8, 4) is 0 Å². The summed E-state index contributed by atoms with van der Waals surface area (Å²) < 4.78 is 18.3. The molecular weight excluding hydrogens is 407 g/mol. The lowest BCUT2D eigenvalue weighted by molar-refractivity contribution is -0.250. The van der Waals surface area contributed by atoms with Gasteiger partial charge in [0.25, 0.3) is 0 Å². The zero-order valence-electron chi connectivity index (χ0n) is 19.9. The van der Waals surface area contributed by atoms with Crippen LogP contribution in [0.25, 0.3) is 0 Å². The van der Waals surface area contributed by atoms with Gasteiger partial charge in [-0.15, -0.1) is 23.2 Å². The number of halogens is 2. The zero-order valence-corrected chi connectivity index (χ0v) is 21.4. The summed E-state index contributed by atoms with van der Waals surface area (Å²) in [7, 11) is 0. The molecule has 0 bridgehead atoms. The topological polar surface area (TPSA) is 27.7 Å². The Kier molecular flexibility index (Phi) is 19.5. The maximum absolute atomic E-state index is 6.28. The Morgan fingerprint density at radius 1 is 0.621 bits per heavy atom. The Labute approximate surface area is 191 Å². The second kappa shape index (κ2) is 19.2. The smallest absolute Gasteiger partial charge is 0.160 e. The highest BCUT2D eigenvalue weighted by Gasteiger charge is 2.19. The minimum atomic E-state index is -0.183. The Hall–Kier alpha value is 0.460. The van der Waals surface area contributed by atoms with E-state index in [4.69, 9.17) is 37.4 Å². The van der Waals surface area contributed by atoms with Crippen LogP contribution in [0.1, 0.15) is 106 Å². The Bertz CT molecular complexity index is 321. The van der Waals surface area contributed by atoms with E-state index in [1.165, 1.54) is 0 Å². The van der Waals surface area contributed by atoms with Gasteiger partial charge in [0.05, 0.1) is 0 Å². The fourth-order valence-corrected chi connectivity index (χ4v) is 4.27. The molecule has 0 radical (unpaired) electrons. The standard InChI is InChI=1S/C24H48Cl2O3/c1-7-15-27-23(13-9-11-19(3)17-21(5)25)29-24(28-16-8-2)14-10-12-20(4)18-22(6)26/h19-24H,7-18H2,1-6H3. The molecule has 6 atom stereocenters. The molecule has 5 heteroatoms. The van der Waals surface area contributed by atoms with Crippen LogP contribution in [0.2, 0.25) is 0 Å². The third kappa shape index (κ3) is 18.9. The summed E-state index contributed by atoms with van der Waals surface area (Å²) in [4.78, 5) is 0. The largest absolute Gasteiger partial charge is 0.353 e. The molecule has 0 rings (SSSR count). The van der Waals surface area contributed by atoms with Gasteiger partial charge >= 0.3 is 0 Å². The van der Waals surface area contributed by atoms with E-state index in [9.17, 15) is 0 Å². The van der Waals surface area contributed by atoms with Gasteiger partial charge in [-0.3, -0.25) is 0 Å². The lowest BCUT2D eigenvalue weighted by Gasteiger charge is -2.26. The molecule has 0 saturated heterocycles. The van der Waals surface area contributed by atoms with E-state index in [2.05, 4.69) is 41.5 Å². The Morgan fingerprint density at radius 3 is 1.31 bits per heavy atom. The summed E-state index contributed by atoms with van der Waals surface area (Å²) in [5.41, 5.74) is 0. The summed E-state index contributed by atoms with van der Waals surface area (Å²) in [6.07, 6.45) is 10.0. The van der Waals surface area contributed by atoms with Crippen molar-refractivity contribution in [2.45, 2.75) is 129 Å². The van der Waals surface area contributed by atoms with Crippen molar-refractivity contribution in [3.63, 3.8) is 0 Å². The first-order valence-corrected chi connectivity index (χ1v) is 12.8. The number of hydrogen-bond donors (Lipinski definition) is 0. The van der Waals surface area contributed by atoms with Crippen molar-refractivity contribution in [1.82, 2.24) is 0 Å².